The summed E-state index contributed by atoms with van der Waals surface area (Å²) in [6.07, 6.45) is 2.69. The maximum Gasteiger partial charge on any atom is 0.414 e. The first kappa shape index (κ1) is 11.9. The van der Waals surface area contributed by atoms with Crippen molar-refractivity contribution in [3.63, 3.8) is 0 Å². The van der Waals surface area contributed by atoms with Crippen LogP contribution in [-0.2, 0) is 11.2 Å². The minimum Gasteiger partial charge on any atom is -0.447 e. The zero-order valence-corrected chi connectivity index (χ0v) is 9.76. The Labute approximate surface area is 101 Å². The van der Waals surface area contributed by atoms with Crippen LogP contribution < -0.4 is 4.90 Å². The lowest BCUT2D eigenvalue weighted by molar-refractivity contribution is 0.125. The number of carbonyl (C=O) groups is 1. The third-order valence-corrected chi connectivity index (χ3v) is 2.90. The number of nitrogens with zero attached hydrogens (tertiary/aromatic N) is 1. The molecule has 0 spiro atoms. The predicted molar refractivity (Wildman–Crippen MR) is 65.2 cm³/mol. The molecule has 0 atom stereocenters. The molecule has 17 heavy (non-hydrogen) atoms. The molecular formula is C13H17NO3. The molecule has 4 heteroatoms. The first-order chi connectivity index (χ1) is 8.33. The van der Waals surface area contributed by atoms with Gasteiger partial charge in [-0.3, -0.25) is 4.90 Å². The number of fused-ring (bicyclic) bond motifs is 1. The Bertz CT molecular complexity index is 392. The van der Waals surface area contributed by atoms with Gasteiger partial charge in [-0.05, 0) is 30.9 Å². The fourth-order valence-corrected chi connectivity index (χ4v) is 2.09. The van der Waals surface area contributed by atoms with Gasteiger partial charge >= 0.3 is 6.09 Å². The number of aryl methyl sites for hydroxylation is 1. The van der Waals surface area contributed by atoms with E-state index in [2.05, 4.69) is 0 Å². The summed E-state index contributed by atoms with van der Waals surface area (Å²) < 4.78 is 4.98. The Hall–Kier alpha value is -1.55. The zero-order valence-electron chi connectivity index (χ0n) is 9.76. The fourth-order valence-electron chi connectivity index (χ4n) is 2.09. The Morgan fingerprint density at radius 1 is 1.35 bits per heavy atom. The molecule has 0 saturated heterocycles. The molecule has 1 aliphatic heterocycles. The van der Waals surface area contributed by atoms with Crippen LogP contribution in [0.15, 0.2) is 24.3 Å². The highest BCUT2D eigenvalue weighted by Crippen LogP contribution is 2.26. The van der Waals surface area contributed by atoms with Gasteiger partial charge in [-0.15, -0.1) is 0 Å². The maximum atomic E-state index is 11.9. The Morgan fingerprint density at radius 3 is 3.00 bits per heavy atom. The summed E-state index contributed by atoms with van der Waals surface area (Å²) in [6, 6.07) is 7.91. The van der Waals surface area contributed by atoms with Gasteiger partial charge in [0.1, 0.15) is 6.61 Å². The molecule has 1 N–H and O–H groups in total. The molecule has 0 radical (unpaired) electrons. The van der Waals surface area contributed by atoms with Gasteiger partial charge < -0.3 is 9.84 Å². The second-order valence-corrected chi connectivity index (χ2v) is 4.08. The zero-order chi connectivity index (χ0) is 12.1. The topological polar surface area (TPSA) is 49.8 Å². The summed E-state index contributed by atoms with van der Waals surface area (Å²) in [7, 11) is 0. The lowest BCUT2D eigenvalue weighted by Crippen LogP contribution is -2.32. The van der Waals surface area contributed by atoms with Crippen molar-refractivity contribution in [1.82, 2.24) is 0 Å². The van der Waals surface area contributed by atoms with E-state index >= 15 is 0 Å². The van der Waals surface area contributed by atoms with E-state index in [1.54, 1.807) is 4.90 Å². The summed E-state index contributed by atoms with van der Waals surface area (Å²) in [4.78, 5) is 13.5. The van der Waals surface area contributed by atoms with E-state index in [1.807, 2.05) is 24.3 Å². The number of ether oxygens (including phenoxy) is 1. The lowest BCUT2D eigenvalue weighted by atomic mass is 10.1. The third kappa shape index (κ3) is 2.77. The van der Waals surface area contributed by atoms with Gasteiger partial charge in [0.15, 0.2) is 0 Å². The van der Waals surface area contributed by atoms with Crippen LogP contribution in [0.5, 0.6) is 0 Å². The van der Waals surface area contributed by atoms with E-state index in [0.29, 0.717) is 6.54 Å². The van der Waals surface area contributed by atoms with Crippen molar-refractivity contribution in [2.75, 3.05) is 24.7 Å². The molecule has 0 aliphatic carbocycles. The Kier molecular flexibility index (Phi) is 3.98. The number of rotatable bonds is 2. The molecule has 0 saturated carbocycles. The molecular weight excluding hydrogens is 218 g/mol. The number of amides is 1. The van der Waals surface area contributed by atoms with E-state index in [-0.39, 0.29) is 19.3 Å². The average molecular weight is 235 g/mol. The smallest absolute Gasteiger partial charge is 0.414 e. The lowest BCUT2D eigenvalue weighted by Gasteiger charge is -2.21. The van der Waals surface area contributed by atoms with Crippen molar-refractivity contribution in [2.24, 2.45) is 0 Å². The largest absolute Gasteiger partial charge is 0.447 e. The van der Waals surface area contributed by atoms with Gasteiger partial charge in [-0.2, -0.15) is 0 Å². The minimum absolute atomic E-state index is 0.0531. The van der Waals surface area contributed by atoms with Crippen LogP contribution in [0.3, 0.4) is 0 Å². The van der Waals surface area contributed by atoms with Crippen molar-refractivity contribution in [3.05, 3.63) is 29.8 Å². The SMILES string of the molecule is O=C(OCCO)N1CCCCc2ccccc21. The summed E-state index contributed by atoms with van der Waals surface area (Å²) in [6.45, 7) is 0.597. The van der Waals surface area contributed by atoms with Crippen LogP contribution in [0, 0.1) is 0 Å². The molecule has 0 bridgehead atoms. The molecule has 1 aliphatic rings. The number of anilines is 1. The van der Waals surface area contributed by atoms with Crippen molar-refractivity contribution in [2.45, 2.75) is 19.3 Å². The summed E-state index contributed by atoms with van der Waals surface area (Å²) in [5.41, 5.74) is 2.12. The van der Waals surface area contributed by atoms with Gasteiger partial charge in [0.25, 0.3) is 0 Å². The molecule has 2 rings (SSSR count). The van der Waals surface area contributed by atoms with Gasteiger partial charge in [0, 0.05) is 6.54 Å². The second-order valence-electron chi connectivity index (χ2n) is 4.08. The first-order valence-corrected chi connectivity index (χ1v) is 5.96. The highest BCUT2D eigenvalue weighted by Gasteiger charge is 2.21. The number of aliphatic hydroxyl groups excluding tert-OH is 1. The number of carbonyl (C=O) groups excluding carboxylic acids is 1. The quantitative estimate of drug-likeness (QED) is 0.852. The summed E-state index contributed by atoms with van der Waals surface area (Å²) in [5.74, 6) is 0. The van der Waals surface area contributed by atoms with E-state index in [0.717, 1.165) is 24.9 Å². The van der Waals surface area contributed by atoms with Gasteiger partial charge in [0.05, 0.1) is 12.3 Å². The van der Waals surface area contributed by atoms with Crippen LogP contribution in [0.4, 0.5) is 10.5 Å². The molecule has 0 aromatic heterocycles. The van der Waals surface area contributed by atoms with E-state index < -0.39 is 0 Å². The van der Waals surface area contributed by atoms with Crippen LogP contribution in [0.1, 0.15) is 18.4 Å². The first-order valence-electron chi connectivity index (χ1n) is 5.96. The van der Waals surface area contributed by atoms with Gasteiger partial charge in [0.2, 0.25) is 0 Å². The molecule has 1 aromatic carbocycles. The fraction of sp³-hybridized carbons (Fsp3) is 0.462. The maximum absolute atomic E-state index is 11.9. The normalized spacial score (nSPS) is 15.0. The van der Waals surface area contributed by atoms with Crippen LogP contribution in [-0.4, -0.2) is 31.0 Å². The minimum atomic E-state index is -0.367. The number of hydrogen-bond acceptors (Lipinski definition) is 3. The van der Waals surface area contributed by atoms with E-state index in [1.165, 1.54) is 5.56 Å². The number of benzene rings is 1. The third-order valence-electron chi connectivity index (χ3n) is 2.90. The molecule has 0 fully saturated rings. The summed E-state index contributed by atoms with van der Waals surface area (Å²) >= 11 is 0. The standard InChI is InChI=1S/C13H17NO3/c15-9-10-17-13(16)14-8-4-3-6-11-5-1-2-7-12(11)14/h1-2,5,7,15H,3-4,6,8-10H2. The number of hydrogen-bond donors (Lipinski definition) is 1. The van der Waals surface area contributed by atoms with Crippen LogP contribution >= 0.6 is 0 Å². The van der Waals surface area contributed by atoms with Gasteiger partial charge in [-0.1, -0.05) is 18.2 Å². The molecule has 0 unspecified atom stereocenters. The highest BCUT2D eigenvalue weighted by atomic mass is 16.6. The number of para-hydroxylation sites is 1. The van der Waals surface area contributed by atoms with Crippen LogP contribution in [0.25, 0.3) is 0 Å². The number of aliphatic hydroxyl groups is 1. The van der Waals surface area contributed by atoms with Crippen molar-refractivity contribution in [3.8, 4) is 0 Å². The average Bonchev–Trinajstić information content (AvgIpc) is 2.58. The van der Waals surface area contributed by atoms with Crippen molar-refractivity contribution < 1.29 is 14.6 Å². The van der Waals surface area contributed by atoms with Crippen molar-refractivity contribution in [1.29, 1.82) is 0 Å². The van der Waals surface area contributed by atoms with Gasteiger partial charge in [-0.25, -0.2) is 4.79 Å². The molecule has 1 heterocycles. The molecule has 1 amide bonds. The second kappa shape index (κ2) is 5.68. The molecule has 4 nitrogen and oxygen atoms in total. The van der Waals surface area contributed by atoms with E-state index in [4.69, 9.17) is 9.84 Å². The predicted octanol–water partition coefficient (Wildman–Crippen LogP) is 1.96. The van der Waals surface area contributed by atoms with Crippen LogP contribution in [0.2, 0.25) is 0 Å². The monoisotopic (exact) mass is 235 g/mol. The summed E-state index contributed by atoms with van der Waals surface area (Å²) in [5, 5.41) is 8.67. The Balaban J connectivity index is 2.19. The Morgan fingerprint density at radius 2 is 2.18 bits per heavy atom. The molecule has 1 aromatic rings. The highest BCUT2D eigenvalue weighted by molar-refractivity contribution is 5.88. The van der Waals surface area contributed by atoms with E-state index in [9.17, 15) is 4.79 Å². The molecule has 92 valence electrons. The van der Waals surface area contributed by atoms with Crippen molar-refractivity contribution >= 4 is 11.8 Å².